The number of benzene rings is 1. The summed E-state index contributed by atoms with van der Waals surface area (Å²) in [4.78, 5) is 16.7. The lowest BCUT2D eigenvalue weighted by Crippen LogP contribution is -2.11. The Balaban J connectivity index is 2.80. The fourth-order valence-corrected chi connectivity index (χ4v) is 1.89. The molecular formula is C15H15NO5. The third-order valence-corrected chi connectivity index (χ3v) is 2.91. The zero-order chi connectivity index (χ0) is 15.4. The highest BCUT2D eigenvalue weighted by Gasteiger charge is 2.17. The van der Waals surface area contributed by atoms with E-state index in [1.165, 1.54) is 19.4 Å². The molecule has 0 amide bonds. The predicted octanol–water partition coefficient (Wildman–Crippen LogP) is 2.35. The maximum Gasteiger partial charge on any atom is 0.349 e. The molecule has 6 heteroatoms. The van der Waals surface area contributed by atoms with Crippen LogP contribution >= 0.6 is 0 Å². The summed E-state index contributed by atoms with van der Waals surface area (Å²) in [5.41, 5.74) is 0.240. The number of aromatic hydroxyl groups is 1. The SMILES string of the molecule is C=CCOc1c(/C=N/OC)c(=O)oc2c(C)c(O)ccc12. The van der Waals surface area contributed by atoms with Crippen LogP contribution in [0.4, 0.5) is 0 Å². The van der Waals surface area contributed by atoms with Crippen molar-refractivity contribution in [1.29, 1.82) is 0 Å². The molecule has 0 atom stereocenters. The Bertz CT molecular complexity index is 761. The van der Waals surface area contributed by atoms with Gasteiger partial charge in [0, 0.05) is 5.56 Å². The molecule has 0 aliphatic rings. The number of hydrogen-bond acceptors (Lipinski definition) is 6. The van der Waals surface area contributed by atoms with Crippen molar-refractivity contribution < 1.29 is 19.1 Å². The van der Waals surface area contributed by atoms with Gasteiger partial charge in [-0.1, -0.05) is 17.8 Å². The first-order chi connectivity index (χ1) is 10.1. The smallest absolute Gasteiger partial charge is 0.349 e. The van der Waals surface area contributed by atoms with E-state index in [9.17, 15) is 9.90 Å². The normalized spacial score (nSPS) is 11.0. The molecule has 0 aliphatic carbocycles. The van der Waals surface area contributed by atoms with Crippen LogP contribution in [-0.2, 0) is 4.84 Å². The molecule has 0 radical (unpaired) electrons. The highest BCUT2D eigenvalue weighted by atomic mass is 16.6. The van der Waals surface area contributed by atoms with Crippen molar-refractivity contribution >= 4 is 17.2 Å². The van der Waals surface area contributed by atoms with Crippen LogP contribution in [0.5, 0.6) is 11.5 Å². The van der Waals surface area contributed by atoms with Gasteiger partial charge in [0.1, 0.15) is 36.4 Å². The minimum atomic E-state index is -0.629. The average molecular weight is 289 g/mol. The predicted molar refractivity (Wildman–Crippen MR) is 79.2 cm³/mol. The molecule has 0 bridgehead atoms. The Hall–Kier alpha value is -2.76. The number of rotatable bonds is 5. The van der Waals surface area contributed by atoms with Crippen LogP contribution in [0.1, 0.15) is 11.1 Å². The summed E-state index contributed by atoms with van der Waals surface area (Å²) >= 11 is 0. The average Bonchev–Trinajstić information content (AvgIpc) is 2.48. The molecular weight excluding hydrogens is 274 g/mol. The highest BCUT2D eigenvalue weighted by Crippen LogP contribution is 2.32. The van der Waals surface area contributed by atoms with Gasteiger partial charge in [0.25, 0.3) is 0 Å². The topological polar surface area (TPSA) is 81.3 Å². The molecule has 1 heterocycles. The van der Waals surface area contributed by atoms with Crippen molar-refractivity contribution in [2.45, 2.75) is 6.92 Å². The van der Waals surface area contributed by atoms with Crippen LogP contribution in [0.3, 0.4) is 0 Å². The van der Waals surface area contributed by atoms with Gasteiger partial charge in [-0.2, -0.15) is 0 Å². The summed E-state index contributed by atoms with van der Waals surface area (Å²) in [5.74, 6) is 0.351. The standard InChI is InChI=1S/C15H15NO5/c1-4-7-20-14-10-5-6-12(17)9(2)13(10)21-15(18)11(14)8-16-19-3/h4-6,8,17H,1,7H2,2-3H3/b16-8+. The monoisotopic (exact) mass is 289 g/mol. The quantitative estimate of drug-likeness (QED) is 0.395. The van der Waals surface area contributed by atoms with E-state index in [1.54, 1.807) is 19.1 Å². The van der Waals surface area contributed by atoms with Crippen LogP contribution in [0.25, 0.3) is 11.0 Å². The zero-order valence-corrected chi connectivity index (χ0v) is 11.8. The third kappa shape index (κ3) is 2.74. The molecule has 1 aromatic carbocycles. The molecule has 0 fully saturated rings. The highest BCUT2D eigenvalue weighted by molar-refractivity contribution is 5.95. The Morgan fingerprint density at radius 2 is 2.24 bits per heavy atom. The maximum atomic E-state index is 12.1. The second kappa shape index (κ2) is 6.13. The van der Waals surface area contributed by atoms with Crippen LogP contribution in [-0.4, -0.2) is 25.0 Å². The van der Waals surface area contributed by atoms with E-state index in [-0.39, 0.29) is 23.5 Å². The van der Waals surface area contributed by atoms with Gasteiger partial charge in [0.15, 0.2) is 0 Å². The van der Waals surface area contributed by atoms with Gasteiger partial charge in [-0.25, -0.2) is 4.79 Å². The van der Waals surface area contributed by atoms with E-state index in [0.717, 1.165) is 0 Å². The summed E-state index contributed by atoms with van der Waals surface area (Å²) in [6, 6.07) is 3.12. The first kappa shape index (κ1) is 14.6. The lowest BCUT2D eigenvalue weighted by atomic mass is 10.1. The molecule has 0 unspecified atom stereocenters. The summed E-state index contributed by atoms with van der Waals surface area (Å²) in [6.45, 7) is 5.45. The molecule has 1 aromatic heterocycles. The second-order valence-electron chi connectivity index (χ2n) is 4.24. The number of phenolic OH excluding ortho intramolecular Hbond substituents is 1. The molecule has 110 valence electrons. The Morgan fingerprint density at radius 3 is 2.90 bits per heavy atom. The van der Waals surface area contributed by atoms with Crippen molar-refractivity contribution in [3.05, 3.63) is 46.3 Å². The van der Waals surface area contributed by atoms with Crippen molar-refractivity contribution in [2.75, 3.05) is 13.7 Å². The fraction of sp³-hybridized carbons (Fsp3) is 0.200. The van der Waals surface area contributed by atoms with Gasteiger partial charge in [0.05, 0.1) is 11.6 Å². The number of nitrogens with zero attached hydrogens (tertiary/aromatic N) is 1. The van der Waals surface area contributed by atoms with Crippen molar-refractivity contribution in [3.8, 4) is 11.5 Å². The number of oxime groups is 1. The number of aryl methyl sites for hydroxylation is 1. The van der Waals surface area contributed by atoms with Gasteiger partial charge in [-0.15, -0.1) is 0 Å². The number of hydrogen-bond donors (Lipinski definition) is 1. The van der Waals surface area contributed by atoms with E-state index in [0.29, 0.717) is 16.7 Å². The molecule has 1 N–H and O–H groups in total. The van der Waals surface area contributed by atoms with E-state index in [4.69, 9.17) is 9.15 Å². The van der Waals surface area contributed by atoms with Crippen LogP contribution in [0.2, 0.25) is 0 Å². The van der Waals surface area contributed by atoms with Gasteiger partial charge in [0.2, 0.25) is 0 Å². The fourth-order valence-electron chi connectivity index (χ4n) is 1.89. The molecule has 21 heavy (non-hydrogen) atoms. The molecule has 2 rings (SSSR count). The van der Waals surface area contributed by atoms with Crippen LogP contribution < -0.4 is 10.4 Å². The third-order valence-electron chi connectivity index (χ3n) is 2.91. The van der Waals surface area contributed by atoms with Crippen molar-refractivity contribution in [1.82, 2.24) is 0 Å². The summed E-state index contributed by atoms with van der Waals surface area (Å²) < 4.78 is 10.8. The van der Waals surface area contributed by atoms with Crippen molar-refractivity contribution in [3.63, 3.8) is 0 Å². The summed E-state index contributed by atoms with van der Waals surface area (Å²) in [7, 11) is 1.37. The Labute approximate surface area is 120 Å². The minimum Gasteiger partial charge on any atom is -0.508 e. The van der Waals surface area contributed by atoms with Gasteiger partial charge in [-0.3, -0.25) is 0 Å². The first-order valence-corrected chi connectivity index (χ1v) is 6.19. The largest absolute Gasteiger partial charge is 0.508 e. The number of fused-ring (bicyclic) bond motifs is 1. The van der Waals surface area contributed by atoms with E-state index < -0.39 is 5.63 Å². The van der Waals surface area contributed by atoms with Gasteiger partial charge >= 0.3 is 5.63 Å². The maximum absolute atomic E-state index is 12.1. The number of ether oxygens (including phenoxy) is 1. The lowest BCUT2D eigenvalue weighted by molar-refractivity contribution is 0.215. The first-order valence-electron chi connectivity index (χ1n) is 6.19. The summed E-state index contributed by atoms with van der Waals surface area (Å²) in [6.07, 6.45) is 2.79. The second-order valence-corrected chi connectivity index (χ2v) is 4.24. The van der Waals surface area contributed by atoms with E-state index in [2.05, 4.69) is 16.6 Å². The van der Waals surface area contributed by atoms with Gasteiger partial charge in [-0.05, 0) is 19.1 Å². The zero-order valence-electron chi connectivity index (χ0n) is 11.8. The lowest BCUT2D eigenvalue weighted by Gasteiger charge is -2.11. The summed E-state index contributed by atoms with van der Waals surface area (Å²) in [5, 5.41) is 13.9. The molecule has 6 nitrogen and oxygen atoms in total. The van der Waals surface area contributed by atoms with Crippen LogP contribution in [0.15, 0.2) is 39.2 Å². The molecule has 0 saturated carbocycles. The number of phenols is 1. The Morgan fingerprint density at radius 1 is 1.48 bits per heavy atom. The van der Waals surface area contributed by atoms with Gasteiger partial charge < -0.3 is 19.1 Å². The Kier molecular flexibility index (Phi) is 4.27. The minimum absolute atomic E-state index is 0.0404. The van der Waals surface area contributed by atoms with Crippen LogP contribution in [0, 0.1) is 6.92 Å². The molecule has 2 aromatic rings. The molecule has 0 aliphatic heterocycles. The molecule has 0 spiro atoms. The molecule has 0 saturated heterocycles. The van der Waals surface area contributed by atoms with E-state index in [1.807, 2.05) is 0 Å². The van der Waals surface area contributed by atoms with E-state index >= 15 is 0 Å². The van der Waals surface area contributed by atoms with Crippen molar-refractivity contribution in [2.24, 2.45) is 5.16 Å².